The Labute approximate surface area is 119 Å². The topological polar surface area (TPSA) is 23.8 Å². The third-order valence-corrected chi connectivity index (χ3v) is 4.35. The number of hydrogen-bond donors (Lipinski definition) is 0. The molecule has 0 saturated heterocycles. The lowest BCUT2D eigenvalue weighted by atomic mass is 9.68. The molecular weight excluding hydrogens is 242 g/mol. The Morgan fingerprint density at radius 2 is 1.90 bits per heavy atom. The van der Waals surface area contributed by atoms with E-state index in [1.54, 1.807) is 0 Å². The highest BCUT2D eigenvalue weighted by Crippen LogP contribution is 2.39. The van der Waals surface area contributed by atoms with Crippen molar-refractivity contribution in [2.24, 2.45) is 5.92 Å². The van der Waals surface area contributed by atoms with E-state index in [0.29, 0.717) is 6.42 Å². The van der Waals surface area contributed by atoms with E-state index < -0.39 is 0 Å². The van der Waals surface area contributed by atoms with Crippen LogP contribution in [0.5, 0.6) is 0 Å². The number of nitrogens with zero attached hydrogens (tertiary/aromatic N) is 1. The second kappa shape index (κ2) is 4.98. The third-order valence-electron chi connectivity index (χ3n) is 4.35. The van der Waals surface area contributed by atoms with Gasteiger partial charge in [0, 0.05) is 17.8 Å². The van der Waals surface area contributed by atoms with Crippen LogP contribution in [-0.4, -0.2) is 0 Å². The van der Waals surface area contributed by atoms with E-state index in [2.05, 4.69) is 73.7 Å². The lowest BCUT2D eigenvalue weighted by molar-refractivity contribution is 0.432. The van der Waals surface area contributed by atoms with Crippen molar-refractivity contribution in [1.29, 1.82) is 5.26 Å². The highest BCUT2D eigenvalue weighted by molar-refractivity contribution is 5.83. The lowest BCUT2D eigenvalue weighted by Gasteiger charge is -2.35. The Kier molecular flexibility index (Phi) is 3.16. The Morgan fingerprint density at radius 3 is 2.70 bits per heavy atom. The second-order valence-corrected chi connectivity index (χ2v) is 5.56. The van der Waals surface area contributed by atoms with Crippen LogP contribution in [0, 0.1) is 17.2 Å². The van der Waals surface area contributed by atoms with Crippen molar-refractivity contribution >= 4 is 10.8 Å². The molecule has 0 bridgehead atoms. The molecule has 1 nitrogen and oxygen atoms in total. The SMILES string of the molecule is CC1(c2ccc3ccccc3c2)C=CC=CC1CC#N. The van der Waals surface area contributed by atoms with Crippen molar-refractivity contribution in [2.45, 2.75) is 18.8 Å². The average molecular weight is 259 g/mol. The number of rotatable bonds is 2. The van der Waals surface area contributed by atoms with E-state index in [-0.39, 0.29) is 11.3 Å². The minimum Gasteiger partial charge on any atom is -0.198 e. The maximum atomic E-state index is 9.06. The Bertz CT molecular complexity index is 733. The van der Waals surface area contributed by atoms with Crippen LogP contribution in [0.4, 0.5) is 0 Å². The van der Waals surface area contributed by atoms with E-state index in [4.69, 9.17) is 5.26 Å². The molecule has 0 spiro atoms. The van der Waals surface area contributed by atoms with Gasteiger partial charge in [0.2, 0.25) is 0 Å². The zero-order valence-electron chi connectivity index (χ0n) is 11.6. The average Bonchev–Trinajstić information content (AvgIpc) is 2.49. The van der Waals surface area contributed by atoms with Gasteiger partial charge in [0.05, 0.1) is 6.07 Å². The highest BCUT2D eigenvalue weighted by Gasteiger charge is 2.33. The molecule has 20 heavy (non-hydrogen) atoms. The predicted molar refractivity (Wildman–Crippen MR) is 83.3 cm³/mol. The minimum absolute atomic E-state index is 0.103. The molecule has 2 atom stereocenters. The van der Waals surface area contributed by atoms with Gasteiger partial charge in [-0.3, -0.25) is 0 Å². The van der Waals surface area contributed by atoms with Gasteiger partial charge in [0.15, 0.2) is 0 Å². The van der Waals surface area contributed by atoms with Gasteiger partial charge < -0.3 is 0 Å². The van der Waals surface area contributed by atoms with Gasteiger partial charge in [-0.2, -0.15) is 5.26 Å². The van der Waals surface area contributed by atoms with Gasteiger partial charge in [-0.05, 0) is 16.3 Å². The highest BCUT2D eigenvalue weighted by atomic mass is 14.4. The molecule has 1 aliphatic rings. The van der Waals surface area contributed by atoms with Crippen molar-refractivity contribution in [1.82, 2.24) is 0 Å². The Hall–Kier alpha value is -2.33. The summed E-state index contributed by atoms with van der Waals surface area (Å²) in [4.78, 5) is 0. The Balaban J connectivity index is 2.10. The third kappa shape index (κ3) is 2.04. The van der Waals surface area contributed by atoms with Crippen LogP contribution < -0.4 is 0 Å². The van der Waals surface area contributed by atoms with Gasteiger partial charge in [-0.1, -0.05) is 73.7 Å². The van der Waals surface area contributed by atoms with Gasteiger partial charge in [0.25, 0.3) is 0 Å². The summed E-state index contributed by atoms with van der Waals surface area (Å²) in [5.41, 5.74) is 1.17. The molecule has 0 saturated carbocycles. The first-order valence-electron chi connectivity index (χ1n) is 6.96. The largest absolute Gasteiger partial charge is 0.198 e. The maximum absolute atomic E-state index is 9.06. The fourth-order valence-corrected chi connectivity index (χ4v) is 2.99. The summed E-state index contributed by atoms with van der Waals surface area (Å²) in [5, 5.41) is 11.6. The predicted octanol–water partition coefficient (Wildman–Crippen LogP) is 4.75. The Morgan fingerprint density at radius 1 is 1.10 bits per heavy atom. The zero-order chi connectivity index (χ0) is 14.0. The van der Waals surface area contributed by atoms with Crippen molar-refractivity contribution in [2.75, 3.05) is 0 Å². The molecule has 0 N–H and O–H groups in total. The molecule has 2 aromatic rings. The van der Waals surface area contributed by atoms with Crippen LogP contribution >= 0.6 is 0 Å². The number of allylic oxidation sites excluding steroid dienone is 4. The van der Waals surface area contributed by atoms with E-state index in [0.717, 1.165) is 0 Å². The molecule has 1 aliphatic carbocycles. The number of fused-ring (bicyclic) bond motifs is 1. The fraction of sp³-hybridized carbons (Fsp3) is 0.211. The summed E-state index contributed by atoms with van der Waals surface area (Å²) in [5.74, 6) is 0.235. The minimum atomic E-state index is -0.103. The molecule has 0 amide bonds. The van der Waals surface area contributed by atoms with Gasteiger partial charge in [-0.25, -0.2) is 0 Å². The molecule has 3 rings (SSSR count). The maximum Gasteiger partial charge on any atom is 0.0628 e. The van der Waals surface area contributed by atoms with Crippen molar-refractivity contribution < 1.29 is 0 Å². The smallest absolute Gasteiger partial charge is 0.0628 e. The standard InChI is InChI=1S/C19H17N/c1-19(12-5-4-8-17(19)11-13-20)18-10-9-15-6-2-3-7-16(15)14-18/h2-10,12,14,17H,11H2,1H3. The molecule has 0 radical (unpaired) electrons. The molecule has 0 aliphatic heterocycles. The molecule has 98 valence electrons. The quantitative estimate of drug-likeness (QED) is 0.763. The van der Waals surface area contributed by atoms with Crippen molar-refractivity contribution in [3.05, 3.63) is 72.3 Å². The summed E-state index contributed by atoms with van der Waals surface area (Å²) in [6.07, 6.45) is 9.05. The zero-order valence-corrected chi connectivity index (χ0v) is 11.6. The van der Waals surface area contributed by atoms with E-state index >= 15 is 0 Å². The van der Waals surface area contributed by atoms with Crippen LogP contribution in [0.25, 0.3) is 10.8 Å². The van der Waals surface area contributed by atoms with E-state index in [9.17, 15) is 0 Å². The first-order valence-corrected chi connectivity index (χ1v) is 6.96. The fourth-order valence-electron chi connectivity index (χ4n) is 2.99. The van der Waals surface area contributed by atoms with Gasteiger partial charge in [0.1, 0.15) is 0 Å². The molecule has 0 aromatic heterocycles. The second-order valence-electron chi connectivity index (χ2n) is 5.56. The molecule has 1 heteroatoms. The molecule has 2 unspecified atom stereocenters. The molecule has 0 fully saturated rings. The number of benzene rings is 2. The van der Waals surface area contributed by atoms with Crippen LogP contribution in [0.3, 0.4) is 0 Å². The molecule has 2 aromatic carbocycles. The van der Waals surface area contributed by atoms with Crippen LogP contribution in [-0.2, 0) is 5.41 Å². The normalized spacial score (nSPS) is 24.7. The van der Waals surface area contributed by atoms with Gasteiger partial charge >= 0.3 is 0 Å². The lowest BCUT2D eigenvalue weighted by Crippen LogP contribution is -2.30. The summed E-state index contributed by atoms with van der Waals surface area (Å²) >= 11 is 0. The van der Waals surface area contributed by atoms with Crippen molar-refractivity contribution in [3.8, 4) is 6.07 Å². The monoisotopic (exact) mass is 259 g/mol. The number of nitriles is 1. The summed E-state index contributed by atoms with van der Waals surface area (Å²) in [6, 6.07) is 17.3. The number of hydrogen-bond acceptors (Lipinski definition) is 1. The van der Waals surface area contributed by atoms with Gasteiger partial charge in [-0.15, -0.1) is 0 Å². The summed E-state index contributed by atoms with van der Waals surface area (Å²) < 4.78 is 0. The van der Waals surface area contributed by atoms with Crippen LogP contribution in [0.2, 0.25) is 0 Å². The molecule has 0 heterocycles. The van der Waals surface area contributed by atoms with Crippen molar-refractivity contribution in [3.63, 3.8) is 0 Å². The van der Waals surface area contributed by atoms with Crippen LogP contribution in [0.1, 0.15) is 18.9 Å². The first kappa shape index (κ1) is 12.7. The van der Waals surface area contributed by atoms with E-state index in [1.807, 2.05) is 6.08 Å². The van der Waals surface area contributed by atoms with E-state index in [1.165, 1.54) is 16.3 Å². The summed E-state index contributed by atoms with van der Waals surface area (Å²) in [7, 11) is 0. The first-order chi connectivity index (χ1) is 9.74. The van der Waals surface area contributed by atoms with Crippen LogP contribution in [0.15, 0.2) is 66.8 Å². The summed E-state index contributed by atoms with van der Waals surface area (Å²) in [6.45, 7) is 2.22. The molecular formula is C19H17N.